The minimum Gasteiger partial charge on any atom is -0.411 e. The van der Waals surface area contributed by atoms with Gasteiger partial charge in [-0.05, 0) is 58.0 Å². The molecule has 148 valence electrons. The Morgan fingerprint density at radius 2 is 2.00 bits per heavy atom. The summed E-state index contributed by atoms with van der Waals surface area (Å²) in [7, 11) is -3.33. The largest absolute Gasteiger partial charge is 0.411 e. The number of hydrogen-bond acceptors (Lipinski definition) is 7. The molecular weight excluding hydrogens is 448 g/mol. The van der Waals surface area contributed by atoms with Gasteiger partial charge in [0.1, 0.15) is 27.1 Å². The van der Waals surface area contributed by atoms with E-state index in [2.05, 4.69) is 31.4 Å². The van der Waals surface area contributed by atoms with E-state index in [0.717, 1.165) is 0 Å². The Morgan fingerprint density at radius 3 is 2.67 bits per heavy atom. The molecule has 2 rings (SSSR count). The zero-order valence-electron chi connectivity index (χ0n) is 14.2. The fourth-order valence-electron chi connectivity index (χ4n) is 2.44. The predicted molar refractivity (Wildman–Crippen MR) is 98.0 cm³/mol. The smallest absolute Gasteiger partial charge is 0.156 e. The minimum atomic E-state index is -3.33. The molecule has 0 aliphatic carbocycles. The van der Waals surface area contributed by atoms with Gasteiger partial charge in [0.25, 0.3) is 0 Å². The number of oxime groups is 1. The highest BCUT2D eigenvalue weighted by Gasteiger charge is 2.19. The first-order valence-electron chi connectivity index (χ1n) is 8.09. The normalized spacial score (nSPS) is 12.5. The number of aromatic nitrogens is 2. The Balaban J connectivity index is 2.04. The van der Waals surface area contributed by atoms with Crippen LogP contribution in [-0.4, -0.2) is 47.8 Å². The molecule has 1 aromatic carbocycles. The van der Waals surface area contributed by atoms with E-state index >= 15 is 0 Å². The number of nitrogens with zero attached hydrogens (tertiary/aromatic N) is 3. The maximum absolute atomic E-state index is 13.3. The predicted octanol–water partition coefficient (Wildman–Crippen LogP) is 3.10. The van der Waals surface area contributed by atoms with E-state index in [1.807, 2.05) is 0 Å². The molecule has 0 saturated carbocycles. The maximum atomic E-state index is 13.3. The van der Waals surface area contributed by atoms with E-state index in [1.165, 1.54) is 12.1 Å². The van der Waals surface area contributed by atoms with Crippen molar-refractivity contribution in [1.29, 1.82) is 0 Å². The molecule has 0 bridgehead atoms. The zero-order chi connectivity index (χ0) is 19.9. The first-order chi connectivity index (χ1) is 12.9. The molecule has 1 aromatic heterocycles. The second-order valence-corrected chi connectivity index (χ2v) is 8.99. The van der Waals surface area contributed by atoms with Crippen molar-refractivity contribution in [2.45, 2.75) is 25.7 Å². The number of benzene rings is 1. The molecule has 0 aliphatic heterocycles. The molecule has 27 heavy (non-hydrogen) atoms. The maximum Gasteiger partial charge on any atom is 0.156 e. The fourth-order valence-corrected chi connectivity index (χ4v) is 4.20. The molecule has 0 saturated heterocycles. The molecule has 0 atom stereocenters. The lowest BCUT2D eigenvalue weighted by atomic mass is 10.0. The monoisotopic (exact) mass is 465 g/mol. The van der Waals surface area contributed by atoms with Crippen molar-refractivity contribution >= 4 is 31.5 Å². The first kappa shape index (κ1) is 21.4. The molecule has 11 heteroatoms. The second-order valence-electron chi connectivity index (χ2n) is 5.83. The Kier molecular flexibility index (Phi) is 7.84. The quantitative estimate of drug-likeness (QED) is 0.328. The molecule has 2 aromatic rings. The minimum absolute atomic E-state index is 0.0202. The van der Waals surface area contributed by atoms with Crippen molar-refractivity contribution in [1.82, 2.24) is 10.3 Å². The van der Waals surface area contributed by atoms with Crippen LogP contribution in [0, 0.1) is 5.82 Å². The van der Waals surface area contributed by atoms with Crippen LogP contribution in [0.5, 0.6) is 0 Å². The summed E-state index contributed by atoms with van der Waals surface area (Å²) in [5, 5.41) is 20.0. The molecule has 7 nitrogen and oxygen atoms in total. The van der Waals surface area contributed by atoms with E-state index < -0.39 is 22.3 Å². The van der Waals surface area contributed by atoms with E-state index in [1.54, 1.807) is 6.07 Å². The van der Waals surface area contributed by atoms with Gasteiger partial charge in [0, 0.05) is 6.42 Å². The molecule has 0 unspecified atom stereocenters. The van der Waals surface area contributed by atoms with E-state index in [-0.39, 0.29) is 53.1 Å². The molecule has 0 fully saturated rings. The number of halogens is 3. The SMILES string of the molecule is O=S(=O)(CCCF)CCCc1nonc1/C(Cc1ccc(F)c(Br)c1)=N/O. The van der Waals surface area contributed by atoms with Crippen LogP contribution in [0.1, 0.15) is 29.8 Å². The van der Waals surface area contributed by atoms with Crippen molar-refractivity contribution in [3.05, 3.63) is 45.4 Å². The topological polar surface area (TPSA) is 106 Å². The third kappa shape index (κ3) is 6.35. The number of sulfone groups is 1. The summed E-state index contributed by atoms with van der Waals surface area (Å²) in [6.45, 7) is -0.674. The summed E-state index contributed by atoms with van der Waals surface area (Å²) in [4.78, 5) is 0. The van der Waals surface area contributed by atoms with Gasteiger partial charge in [-0.25, -0.2) is 17.4 Å². The summed E-state index contributed by atoms with van der Waals surface area (Å²) in [5.41, 5.74) is 1.38. The van der Waals surface area contributed by atoms with E-state index in [9.17, 15) is 22.4 Å². The Morgan fingerprint density at radius 1 is 1.26 bits per heavy atom. The molecule has 0 aliphatic rings. The van der Waals surface area contributed by atoms with Crippen LogP contribution in [0.3, 0.4) is 0 Å². The van der Waals surface area contributed by atoms with Crippen LogP contribution >= 0.6 is 15.9 Å². The van der Waals surface area contributed by atoms with Crippen LogP contribution in [0.15, 0.2) is 32.5 Å². The number of aryl methyl sites for hydroxylation is 1. The first-order valence-corrected chi connectivity index (χ1v) is 10.7. The summed E-state index contributed by atoms with van der Waals surface area (Å²) in [6, 6.07) is 4.36. The highest BCUT2D eigenvalue weighted by molar-refractivity contribution is 9.10. The van der Waals surface area contributed by atoms with E-state index in [0.29, 0.717) is 11.3 Å². The Hall–Kier alpha value is -1.88. The Bertz CT molecular complexity index is 903. The number of hydrogen-bond donors (Lipinski definition) is 1. The van der Waals surface area contributed by atoms with Crippen LogP contribution in [-0.2, 0) is 22.7 Å². The lowest BCUT2D eigenvalue weighted by molar-refractivity contribution is 0.300. The molecular formula is C16H18BrF2N3O4S. The van der Waals surface area contributed by atoms with Gasteiger partial charge in [-0.3, -0.25) is 4.39 Å². The summed E-state index contributed by atoms with van der Waals surface area (Å²) in [6.07, 6.45) is 0.607. The average molecular weight is 466 g/mol. The molecule has 0 amide bonds. The zero-order valence-corrected chi connectivity index (χ0v) is 16.6. The standard InChI is InChI=1S/C16H18BrF2N3O4S/c17-12-9-11(4-5-13(12)19)10-15(20-23)16-14(21-26-22-16)3-1-7-27(24,25)8-2-6-18/h4-5,9,23H,1-3,6-8,10H2/b20-15+. The Labute approximate surface area is 163 Å². The summed E-state index contributed by atoms with van der Waals surface area (Å²) >= 11 is 3.09. The average Bonchev–Trinajstić information content (AvgIpc) is 3.09. The van der Waals surface area contributed by atoms with Gasteiger partial charge in [-0.2, -0.15) is 0 Å². The van der Waals surface area contributed by atoms with Gasteiger partial charge in [-0.1, -0.05) is 16.4 Å². The molecule has 0 spiro atoms. The van der Waals surface area contributed by atoms with Crippen molar-refractivity contribution in [2.75, 3.05) is 18.2 Å². The molecule has 1 N–H and O–H groups in total. The second kappa shape index (κ2) is 9.88. The van der Waals surface area contributed by atoms with Gasteiger partial charge >= 0.3 is 0 Å². The van der Waals surface area contributed by atoms with Gasteiger partial charge < -0.3 is 5.21 Å². The molecule has 1 heterocycles. The summed E-state index contributed by atoms with van der Waals surface area (Å²) < 4.78 is 54.0. The summed E-state index contributed by atoms with van der Waals surface area (Å²) in [5.74, 6) is -0.731. The van der Waals surface area contributed by atoms with Crippen molar-refractivity contribution in [3.8, 4) is 0 Å². The highest BCUT2D eigenvalue weighted by Crippen LogP contribution is 2.19. The van der Waals surface area contributed by atoms with Gasteiger partial charge in [0.2, 0.25) is 0 Å². The molecule has 0 radical (unpaired) electrons. The third-order valence-corrected chi connectivity index (χ3v) is 6.19. The van der Waals surface area contributed by atoms with E-state index in [4.69, 9.17) is 4.63 Å². The number of alkyl halides is 1. The van der Waals surface area contributed by atoms with Crippen molar-refractivity contribution < 1.29 is 27.0 Å². The fraction of sp³-hybridized carbons (Fsp3) is 0.438. The van der Waals surface area contributed by atoms with Crippen LogP contribution in [0.2, 0.25) is 0 Å². The van der Waals surface area contributed by atoms with Crippen LogP contribution in [0.25, 0.3) is 0 Å². The van der Waals surface area contributed by atoms with Crippen molar-refractivity contribution in [3.63, 3.8) is 0 Å². The lowest BCUT2D eigenvalue weighted by Gasteiger charge is -2.05. The van der Waals surface area contributed by atoms with Gasteiger partial charge in [0.15, 0.2) is 5.69 Å². The van der Waals surface area contributed by atoms with Gasteiger partial charge in [0.05, 0.1) is 22.7 Å². The lowest BCUT2D eigenvalue weighted by Crippen LogP contribution is -2.14. The van der Waals surface area contributed by atoms with Crippen LogP contribution in [0.4, 0.5) is 8.78 Å². The van der Waals surface area contributed by atoms with Crippen molar-refractivity contribution in [2.24, 2.45) is 5.16 Å². The highest BCUT2D eigenvalue weighted by atomic mass is 79.9. The van der Waals surface area contributed by atoms with Crippen LogP contribution < -0.4 is 0 Å². The third-order valence-electron chi connectivity index (χ3n) is 3.76. The number of rotatable bonds is 10. The van der Waals surface area contributed by atoms with Gasteiger partial charge in [-0.15, -0.1) is 0 Å².